The molecule has 2 amide bonds. The molecule has 1 fully saturated rings. The third-order valence-corrected chi connectivity index (χ3v) is 5.92. The van der Waals surface area contributed by atoms with Gasteiger partial charge in [0.15, 0.2) is 0 Å². The van der Waals surface area contributed by atoms with Crippen molar-refractivity contribution >= 4 is 23.2 Å². The van der Waals surface area contributed by atoms with Gasteiger partial charge in [0.2, 0.25) is 0 Å². The minimum atomic E-state index is -0.171. The van der Waals surface area contributed by atoms with Gasteiger partial charge in [0, 0.05) is 36.6 Å². The smallest absolute Gasteiger partial charge is 0.255 e. The average Bonchev–Trinajstić information content (AvgIpc) is 2.78. The fourth-order valence-electron chi connectivity index (χ4n) is 3.81. The standard InChI is InChI=1S/C26H35N3O2/c1-5-20-6-8-21(9-7-20)25(30)28-22-10-11-24(29-14-12-19(4)13-15-29)23(16-22)26(31)27-17-18(2)3/h6-11,16,18-19H,5,12-15,17H2,1-4H3,(H,27,31)(H,28,30). The predicted octanol–water partition coefficient (Wildman–Crippen LogP) is 5.12. The van der Waals surface area contributed by atoms with Gasteiger partial charge in [-0.2, -0.15) is 0 Å². The van der Waals surface area contributed by atoms with Crippen LogP contribution in [0.25, 0.3) is 0 Å². The van der Waals surface area contributed by atoms with E-state index in [4.69, 9.17) is 0 Å². The number of nitrogens with one attached hydrogen (secondary N) is 2. The highest BCUT2D eigenvalue weighted by Gasteiger charge is 2.22. The third kappa shape index (κ3) is 6.09. The second-order valence-corrected chi connectivity index (χ2v) is 9.01. The summed E-state index contributed by atoms with van der Waals surface area (Å²) in [6.07, 6.45) is 3.19. The number of hydrogen-bond donors (Lipinski definition) is 2. The molecule has 0 unspecified atom stereocenters. The van der Waals surface area contributed by atoms with Crippen molar-refractivity contribution < 1.29 is 9.59 Å². The highest BCUT2D eigenvalue weighted by molar-refractivity contribution is 6.06. The maximum atomic E-state index is 13.0. The lowest BCUT2D eigenvalue weighted by Gasteiger charge is -2.33. The van der Waals surface area contributed by atoms with E-state index >= 15 is 0 Å². The van der Waals surface area contributed by atoms with E-state index in [2.05, 4.69) is 43.2 Å². The number of aryl methyl sites for hydroxylation is 1. The molecule has 31 heavy (non-hydrogen) atoms. The van der Waals surface area contributed by atoms with Crippen LogP contribution in [0, 0.1) is 11.8 Å². The van der Waals surface area contributed by atoms with Crippen LogP contribution >= 0.6 is 0 Å². The van der Waals surface area contributed by atoms with Crippen molar-refractivity contribution in [2.45, 2.75) is 47.0 Å². The van der Waals surface area contributed by atoms with Crippen LogP contribution in [0.1, 0.15) is 66.8 Å². The number of amides is 2. The van der Waals surface area contributed by atoms with Gasteiger partial charge in [-0.3, -0.25) is 9.59 Å². The Morgan fingerprint density at radius 3 is 2.32 bits per heavy atom. The lowest BCUT2D eigenvalue weighted by molar-refractivity contribution is 0.0948. The van der Waals surface area contributed by atoms with Crippen LogP contribution in [0.3, 0.4) is 0 Å². The molecule has 2 aromatic rings. The minimum absolute atomic E-state index is 0.0919. The molecule has 0 bridgehead atoms. The fourth-order valence-corrected chi connectivity index (χ4v) is 3.81. The summed E-state index contributed by atoms with van der Waals surface area (Å²) in [5.74, 6) is 0.825. The Labute approximate surface area is 186 Å². The Morgan fingerprint density at radius 1 is 1.03 bits per heavy atom. The number of hydrogen-bond acceptors (Lipinski definition) is 3. The number of rotatable bonds is 7. The second-order valence-electron chi connectivity index (χ2n) is 9.01. The van der Waals surface area contributed by atoms with Crippen molar-refractivity contribution in [3.05, 3.63) is 59.2 Å². The molecule has 0 spiro atoms. The number of piperidine rings is 1. The number of carbonyl (C=O) groups is 2. The number of carbonyl (C=O) groups excluding carboxylic acids is 2. The van der Waals surface area contributed by atoms with Gasteiger partial charge in [0.1, 0.15) is 0 Å². The largest absolute Gasteiger partial charge is 0.371 e. The molecule has 1 saturated heterocycles. The highest BCUT2D eigenvalue weighted by atomic mass is 16.2. The summed E-state index contributed by atoms with van der Waals surface area (Å²) in [7, 11) is 0. The van der Waals surface area contributed by atoms with Crippen LogP contribution in [-0.2, 0) is 6.42 Å². The minimum Gasteiger partial charge on any atom is -0.371 e. The summed E-state index contributed by atoms with van der Waals surface area (Å²) >= 11 is 0. The maximum Gasteiger partial charge on any atom is 0.255 e. The van der Waals surface area contributed by atoms with Gasteiger partial charge in [-0.1, -0.05) is 39.8 Å². The van der Waals surface area contributed by atoms with Crippen LogP contribution in [0.4, 0.5) is 11.4 Å². The first-order valence-corrected chi connectivity index (χ1v) is 11.4. The molecule has 0 aliphatic carbocycles. The maximum absolute atomic E-state index is 13.0. The molecule has 5 nitrogen and oxygen atoms in total. The first-order chi connectivity index (χ1) is 14.9. The zero-order valence-corrected chi connectivity index (χ0v) is 19.2. The molecule has 1 aliphatic rings. The molecule has 2 N–H and O–H groups in total. The van der Waals surface area contributed by atoms with Crippen LogP contribution < -0.4 is 15.5 Å². The van der Waals surface area contributed by atoms with E-state index in [0.29, 0.717) is 35.2 Å². The molecule has 166 valence electrons. The molecule has 1 heterocycles. The van der Waals surface area contributed by atoms with Crippen molar-refractivity contribution in [2.24, 2.45) is 11.8 Å². The Bertz CT molecular complexity index is 897. The third-order valence-electron chi connectivity index (χ3n) is 5.92. The molecule has 0 saturated carbocycles. The molecule has 0 radical (unpaired) electrons. The van der Waals surface area contributed by atoms with Gasteiger partial charge in [0.05, 0.1) is 5.56 Å². The first kappa shape index (κ1) is 22.9. The predicted molar refractivity (Wildman–Crippen MR) is 128 cm³/mol. The number of benzene rings is 2. The molecular weight excluding hydrogens is 386 g/mol. The van der Waals surface area contributed by atoms with Crippen LogP contribution in [0.5, 0.6) is 0 Å². The molecule has 1 aliphatic heterocycles. The molecule has 0 atom stereocenters. The topological polar surface area (TPSA) is 61.4 Å². The fraction of sp³-hybridized carbons (Fsp3) is 0.462. The zero-order chi connectivity index (χ0) is 22.4. The SMILES string of the molecule is CCc1ccc(C(=O)Nc2ccc(N3CCC(C)CC3)c(C(=O)NCC(C)C)c2)cc1. The summed E-state index contributed by atoms with van der Waals surface area (Å²) in [6, 6.07) is 13.3. The van der Waals surface area contributed by atoms with Crippen LogP contribution in [0.2, 0.25) is 0 Å². The molecular formula is C26H35N3O2. The van der Waals surface area contributed by atoms with Crippen LogP contribution in [0.15, 0.2) is 42.5 Å². The summed E-state index contributed by atoms with van der Waals surface area (Å²) in [6.45, 7) is 11.0. The van der Waals surface area contributed by atoms with E-state index < -0.39 is 0 Å². The van der Waals surface area contributed by atoms with E-state index in [1.807, 2.05) is 36.4 Å². The monoisotopic (exact) mass is 421 g/mol. The van der Waals surface area contributed by atoms with Crippen molar-refractivity contribution in [2.75, 3.05) is 29.9 Å². The lowest BCUT2D eigenvalue weighted by atomic mass is 9.97. The van der Waals surface area contributed by atoms with Crippen molar-refractivity contribution in [1.29, 1.82) is 0 Å². The van der Waals surface area contributed by atoms with Gasteiger partial charge in [-0.15, -0.1) is 0 Å². The zero-order valence-electron chi connectivity index (χ0n) is 19.2. The van der Waals surface area contributed by atoms with E-state index in [9.17, 15) is 9.59 Å². The Balaban J connectivity index is 1.82. The lowest BCUT2D eigenvalue weighted by Crippen LogP contribution is -2.35. The van der Waals surface area contributed by atoms with Crippen molar-refractivity contribution in [1.82, 2.24) is 5.32 Å². The Hall–Kier alpha value is -2.82. The summed E-state index contributed by atoms with van der Waals surface area (Å²) < 4.78 is 0. The van der Waals surface area contributed by atoms with Crippen molar-refractivity contribution in [3.8, 4) is 0 Å². The molecule has 5 heteroatoms. The van der Waals surface area contributed by atoms with Gasteiger partial charge in [0.25, 0.3) is 11.8 Å². The first-order valence-electron chi connectivity index (χ1n) is 11.4. The van der Waals surface area contributed by atoms with E-state index in [1.165, 1.54) is 5.56 Å². The quantitative estimate of drug-likeness (QED) is 0.652. The van der Waals surface area contributed by atoms with Gasteiger partial charge < -0.3 is 15.5 Å². The summed E-state index contributed by atoms with van der Waals surface area (Å²) in [5, 5.41) is 5.99. The van der Waals surface area contributed by atoms with Gasteiger partial charge >= 0.3 is 0 Å². The van der Waals surface area contributed by atoms with E-state index in [1.54, 1.807) is 6.07 Å². The average molecular weight is 422 g/mol. The molecule has 3 rings (SSSR count). The second kappa shape index (κ2) is 10.5. The van der Waals surface area contributed by atoms with Crippen molar-refractivity contribution in [3.63, 3.8) is 0 Å². The molecule has 0 aromatic heterocycles. The number of anilines is 2. The highest BCUT2D eigenvalue weighted by Crippen LogP contribution is 2.29. The normalized spacial score (nSPS) is 14.5. The number of nitrogens with zero attached hydrogens (tertiary/aromatic N) is 1. The summed E-state index contributed by atoms with van der Waals surface area (Å²) in [4.78, 5) is 28.0. The van der Waals surface area contributed by atoms with Crippen LogP contribution in [-0.4, -0.2) is 31.4 Å². The summed E-state index contributed by atoms with van der Waals surface area (Å²) in [5.41, 5.74) is 4.00. The van der Waals surface area contributed by atoms with E-state index in [-0.39, 0.29) is 11.8 Å². The Morgan fingerprint density at radius 2 is 1.71 bits per heavy atom. The molecule has 2 aromatic carbocycles. The van der Waals surface area contributed by atoms with Gasteiger partial charge in [-0.05, 0) is 67.0 Å². The van der Waals surface area contributed by atoms with Gasteiger partial charge in [-0.25, -0.2) is 0 Å². The Kier molecular flexibility index (Phi) is 7.72. The van der Waals surface area contributed by atoms with E-state index in [0.717, 1.165) is 38.0 Å².